The van der Waals surface area contributed by atoms with Gasteiger partial charge < -0.3 is 14.4 Å². The molecule has 3 aliphatic heterocycles. The van der Waals surface area contributed by atoms with Crippen LogP contribution in [0.15, 0.2) is 36.4 Å². The van der Waals surface area contributed by atoms with Gasteiger partial charge in [0.1, 0.15) is 11.9 Å². The average molecular weight is 425 g/mol. The monoisotopic (exact) mass is 425 g/mol. The number of para-hydroxylation sites is 1. The highest BCUT2D eigenvalue weighted by atomic mass is 19.1. The molecule has 9 heteroatoms. The first-order chi connectivity index (χ1) is 15.0. The van der Waals surface area contributed by atoms with E-state index in [4.69, 9.17) is 9.47 Å². The van der Waals surface area contributed by atoms with Crippen LogP contribution in [0.4, 0.5) is 20.6 Å². The van der Waals surface area contributed by atoms with Crippen LogP contribution in [0.2, 0.25) is 0 Å². The molecular formula is C22H20FN3O5. The lowest BCUT2D eigenvalue weighted by Crippen LogP contribution is -2.38. The lowest BCUT2D eigenvalue weighted by molar-refractivity contribution is 0.0879. The predicted molar refractivity (Wildman–Crippen MR) is 109 cm³/mol. The maximum atomic E-state index is 14.8. The van der Waals surface area contributed by atoms with Crippen molar-refractivity contribution >= 4 is 29.3 Å². The summed E-state index contributed by atoms with van der Waals surface area (Å²) in [4.78, 5) is 40.0. The molecule has 0 aliphatic carbocycles. The van der Waals surface area contributed by atoms with Crippen LogP contribution in [-0.2, 0) is 15.9 Å². The van der Waals surface area contributed by atoms with E-state index in [1.165, 1.54) is 11.0 Å². The van der Waals surface area contributed by atoms with Gasteiger partial charge in [0.25, 0.3) is 11.8 Å². The summed E-state index contributed by atoms with van der Waals surface area (Å²) in [6.07, 6.45) is -0.838. The van der Waals surface area contributed by atoms with Crippen molar-refractivity contribution in [2.24, 2.45) is 0 Å². The number of nitrogens with zero attached hydrogens (tertiary/aromatic N) is 2. The maximum Gasteiger partial charge on any atom is 0.414 e. The molecular weight excluding hydrogens is 405 g/mol. The second-order valence-electron chi connectivity index (χ2n) is 7.65. The summed E-state index contributed by atoms with van der Waals surface area (Å²) in [6, 6.07) is 9.67. The van der Waals surface area contributed by atoms with Gasteiger partial charge in [0.2, 0.25) is 0 Å². The fourth-order valence-electron chi connectivity index (χ4n) is 4.35. The minimum atomic E-state index is -0.571. The van der Waals surface area contributed by atoms with E-state index in [0.29, 0.717) is 54.4 Å². The van der Waals surface area contributed by atoms with Crippen LogP contribution in [0, 0.1) is 5.82 Å². The number of halogens is 1. The number of morpholine rings is 1. The smallest absolute Gasteiger partial charge is 0.414 e. The van der Waals surface area contributed by atoms with Crippen LogP contribution in [0.25, 0.3) is 0 Å². The number of carbonyl (C=O) groups is 3. The summed E-state index contributed by atoms with van der Waals surface area (Å²) >= 11 is 0. The van der Waals surface area contributed by atoms with Gasteiger partial charge in [-0.05, 0) is 23.8 Å². The third-order valence-corrected chi connectivity index (χ3v) is 5.75. The summed E-state index contributed by atoms with van der Waals surface area (Å²) in [7, 11) is 0. The molecule has 0 bridgehead atoms. The molecule has 0 spiro atoms. The van der Waals surface area contributed by atoms with Crippen LogP contribution in [-0.4, -0.2) is 56.9 Å². The van der Waals surface area contributed by atoms with Crippen molar-refractivity contribution in [3.8, 4) is 0 Å². The van der Waals surface area contributed by atoms with Crippen LogP contribution >= 0.6 is 0 Å². The van der Waals surface area contributed by atoms with Crippen molar-refractivity contribution in [1.29, 1.82) is 0 Å². The SMILES string of the molecule is O=C1NC(=O)c2c(CC3CN(c4cccc(F)c4N4CCOCC4)C(=O)O3)cccc21. The zero-order valence-electron chi connectivity index (χ0n) is 16.6. The Labute approximate surface area is 177 Å². The highest BCUT2D eigenvalue weighted by molar-refractivity contribution is 6.22. The Balaban J connectivity index is 1.41. The molecule has 1 unspecified atom stereocenters. The molecule has 0 aromatic heterocycles. The third kappa shape index (κ3) is 3.40. The zero-order valence-corrected chi connectivity index (χ0v) is 16.6. The number of ether oxygens (including phenoxy) is 2. The summed E-state index contributed by atoms with van der Waals surface area (Å²) in [5.41, 5.74) is 2.08. The lowest BCUT2D eigenvalue weighted by atomic mass is 9.98. The third-order valence-electron chi connectivity index (χ3n) is 5.75. The van der Waals surface area contributed by atoms with Gasteiger partial charge in [-0.3, -0.25) is 19.8 Å². The van der Waals surface area contributed by atoms with Gasteiger partial charge in [-0.15, -0.1) is 0 Å². The summed E-state index contributed by atoms with van der Waals surface area (Å²) < 4.78 is 25.7. The number of imide groups is 1. The topological polar surface area (TPSA) is 88.2 Å². The zero-order chi connectivity index (χ0) is 21.5. The molecule has 5 rings (SSSR count). The van der Waals surface area contributed by atoms with Gasteiger partial charge in [0.05, 0.1) is 42.3 Å². The highest BCUT2D eigenvalue weighted by Gasteiger charge is 2.37. The second kappa shape index (κ2) is 7.66. The molecule has 2 fully saturated rings. The fraction of sp³-hybridized carbons (Fsp3) is 0.318. The van der Waals surface area contributed by atoms with E-state index in [1.54, 1.807) is 30.3 Å². The first-order valence-corrected chi connectivity index (χ1v) is 10.1. The number of carbonyl (C=O) groups excluding carboxylic acids is 3. The molecule has 0 radical (unpaired) electrons. The number of benzene rings is 2. The van der Waals surface area contributed by atoms with Crippen LogP contribution in [0.3, 0.4) is 0 Å². The molecule has 0 saturated carbocycles. The molecule has 2 aromatic rings. The molecule has 3 aliphatic rings. The number of nitrogens with one attached hydrogen (secondary N) is 1. The number of anilines is 2. The van der Waals surface area contributed by atoms with E-state index in [1.807, 2.05) is 4.90 Å². The summed E-state index contributed by atoms with van der Waals surface area (Å²) in [5, 5.41) is 2.29. The molecule has 2 saturated heterocycles. The van der Waals surface area contributed by atoms with Gasteiger partial charge >= 0.3 is 6.09 Å². The van der Waals surface area contributed by atoms with Gasteiger partial charge in [-0.1, -0.05) is 18.2 Å². The van der Waals surface area contributed by atoms with Crippen LogP contribution in [0.1, 0.15) is 26.3 Å². The van der Waals surface area contributed by atoms with E-state index in [2.05, 4.69) is 5.32 Å². The van der Waals surface area contributed by atoms with Gasteiger partial charge in [0, 0.05) is 19.5 Å². The Morgan fingerprint density at radius 2 is 1.81 bits per heavy atom. The van der Waals surface area contributed by atoms with Crippen molar-refractivity contribution in [2.75, 3.05) is 42.6 Å². The van der Waals surface area contributed by atoms with E-state index >= 15 is 0 Å². The summed E-state index contributed by atoms with van der Waals surface area (Å²) in [5.74, 6) is -1.29. The molecule has 31 heavy (non-hydrogen) atoms. The van der Waals surface area contributed by atoms with Crippen molar-refractivity contribution in [3.05, 3.63) is 58.9 Å². The van der Waals surface area contributed by atoms with E-state index < -0.39 is 29.8 Å². The van der Waals surface area contributed by atoms with Crippen molar-refractivity contribution in [2.45, 2.75) is 12.5 Å². The Hall–Kier alpha value is -3.46. The van der Waals surface area contributed by atoms with Crippen LogP contribution < -0.4 is 15.1 Å². The van der Waals surface area contributed by atoms with E-state index in [9.17, 15) is 18.8 Å². The fourth-order valence-corrected chi connectivity index (χ4v) is 4.35. The average Bonchev–Trinajstić information content (AvgIpc) is 3.27. The van der Waals surface area contributed by atoms with Gasteiger partial charge in [-0.2, -0.15) is 0 Å². The molecule has 8 nitrogen and oxygen atoms in total. The number of rotatable bonds is 4. The van der Waals surface area contributed by atoms with Gasteiger partial charge in [-0.25, -0.2) is 9.18 Å². The highest BCUT2D eigenvalue weighted by Crippen LogP contribution is 2.36. The normalized spacial score (nSPS) is 20.7. The number of fused-ring (bicyclic) bond motifs is 1. The minimum absolute atomic E-state index is 0.207. The molecule has 2 aromatic carbocycles. The standard InChI is InChI=1S/C22H20FN3O5/c23-16-5-2-6-17(19(16)25-7-9-30-10-8-25)26-12-14(31-22(26)29)11-13-3-1-4-15-18(13)21(28)24-20(15)27/h1-6,14H,7-12H2,(H,24,27,28). The van der Waals surface area contributed by atoms with Crippen molar-refractivity contribution < 1.29 is 28.2 Å². The predicted octanol–water partition coefficient (Wildman–Crippen LogP) is 2.11. The van der Waals surface area contributed by atoms with Gasteiger partial charge in [0.15, 0.2) is 0 Å². The summed E-state index contributed by atoms with van der Waals surface area (Å²) in [6.45, 7) is 2.24. The number of hydrogen-bond donors (Lipinski definition) is 1. The molecule has 1 N–H and O–H groups in total. The van der Waals surface area contributed by atoms with E-state index in [0.717, 1.165) is 0 Å². The Bertz CT molecular complexity index is 1080. The molecule has 3 amide bonds. The number of cyclic esters (lactones) is 1. The number of hydrogen-bond acceptors (Lipinski definition) is 6. The maximum absolute atomic E-state index is 14.8. The Morgan fingerprint density at radius 3 is 2.61 bits per heavy atom. The van der Waals surface area contributed by atoms with E-state index in [-0.39, 0.29) is 13.0 Å². The van der Waals surface area contributed by atoms with Crippen molar-refractivity contribution in [1.82, 2.24) is 5.32 Å². The largest absolute Gasteiger partial charge is 0.444 e. The first-order valence-electron chi connectivity index (χ1n) is 10.1. The van der Waals surface area contributed by atoms with Crippen molar-refractivity contribution in [3.63, 3.8) is 0 Å². The lowest BCUT2D eigenvalue weighted by Gasteiger charge is -2.32. The Morgan fingerprint density at radius 1 is 1.03 bits per heavy atom. The molecule has 160 valence electrons. The minimum Gasteiger partial charge on any atom is -0.444 e. The molecule has 3 heterocycles. The molecule has 1 atom stereocenters. The second-order valence-corrected chi connectivity index (χ2v) is 7.65. The Kier molecular flexibility index (Phi) is 4.82. The van der Waals surface area contributed by atoms with Crippen LogP contribution in [0.5, 0.6) is 0 Å². The first kappa shape index (κ1) is 19.5. The quantitative estimate of drug-likeness (QED) is 0.755. The number of amides is 3.